The highest BCUT2D eigenvalue weighted by Gasteiger charge is 2.53. The largest absolute Gasteiger partial charge is 0.494 e. The molecule has 1 N–H and O–H groups in total. The van der Waals surface area contributed by atoms with Crippen molar-refractivity contribution in [3.05, 3.63) is 24.3 Å². The van der Waals surface area contributed by atoms with E-state index in [4.69, 9.17) is 17.0 Å². The van der Waals surface area contributed by atoms with E-state index in [1.165, 1.54) is 38.5 Å². The predicted molar refractivity (Wildman–Crippen MR) is 102 cm³/mol. The molecule has 0 atom stereocenters. The monoisotopic (exact) mass is 344 g/mol. The summed E-state index contributed by atoms with van der Waals surface area (Å²) in [6.45, 7) is 2.70. The van der Waals surface area contributed by atoms with E-state index in [2.05, 4.69) is 17.3 Å². The number of hydrogen-bond donors (Lipinski definition) is 1. The van der Waals surface area contributed by atoms with E-state index in [0.29, 0.717) is 12.1 Å². The Hall–Kier alpha value is -1.29. The number of thiocarbonyl (C=S) groups is 1. The van der Waals surface area contributed by atoms with Crippen LogP contribution >= 0.6 is 12.2 Å². The second kappa shape index (κ2) is 6.21. The van der Waals surface area contributed by atoms with Crippen LogP contribution in [0.2, 0.25) is 0 Å². The second-order valence-electron chi connectivity index (χ2n) is 8.09. The molecule has 0 amide bonds. The van der Waals surface area contributed by atoms with Gasteiger partial charge in [0.15, 0.2) is 5.11 Å². The molecular formula is C20H28N2OS. The molecule has 4 aliphatic carbocycles. The van der Waals surface area contributed by atoms with E-state index in [-0.39, 0.29) is 0 Å². The van der Waals surface area contributed by atoms with Gasteiger partial charge in [-0.1, -0.05) is 0 Å². The highest BCUT2D eigenvalue weighted by Crippen LogP contribution is 2.57. The van der Waals surface area contributed by atoms with Gasteiger partial charge in [-0.15, -0.1) is 0 Å². The molecule has 0 aromatic heterocycles. The van der Waals surface area contributed by atoms with Crippen molar-refractivity contribution >= 4 is 23.0 Å². The number of rotatable bonds is 4. The highest BCUT2D eigenvalue weighted by atomic mass is 32.1. The van der Waals surface area contributed by atoms with Gasteiger partial charge in [-0.25, -0.2) is 0 Å². The highest BCUT2D eigenvalue weighted by molar-refractivity contribution is 7.80. The molecule has 5 rings (SSSR count). The molecule has 24 heavy (non-hydrogen) atoms. The van der Waals surface area contributed by atoms with Gasteiger partial charge in [0, 0.05) is 18.3 Å². The first-order valence-corrected chi connectivity index (χ1v) is 9.76. The first-order chi connectivity index (χ1) is 11.6. The zero-order chi connectivity index (χ0) is 16.7. The lowest BCUT2D eigenvalue weighted by molar-refractivity contribution is -0.0538. The third-order valence-corrected chi connectivity index (χ3v) is 6.81. The summed E-state index contributed by atoms with van der Waals surface area (Å²) in [5, 5.41) is 4.30. The summed E-state index contributed by atoms with van der Waals surface area (Å²) in [6.07, 6.45) is 8.40. The number of nitrogens with zero attached hydrogens (tertiary/aromatic N) is 1. The van der Waals surface area contributed by atoms with Crippen LogP contribution in [-0.4, -0.2) is 29.2 Å². The Balaban J connectivity index is 1.44. The van der Waals surface area contributed by atoms with E-state index in [1.54, 1.807) is 0 Å². The van der Waals surface area contributed by atoms with E-state index in [9.17, 15) is 0 Å². The minimum absolute atomic E-state index is 0.310. The molecule has 4 bridgehead atoms. The number of nitrogens with one attached hydrogen (secondary N) is 1. The van der Waals surface area contributed by atoms with Crippen LogP contribution in [0.15, 0.2) is 24.3 Å². The zero-order valence-electron chi connectivity index (χ0n) is 14.8. The molecular weight excluding hydrogens is 316 g/mol. The summed E-state index contributed by atoms with van der Waals surface area (Å²) in [4.78, 5) is 2.39. The fourth-order valence-electron chi connectivity index (χ4n) is 5.70. The van der Waals surface area contributed by atoms with Crippen molar-refractivity contribution in [2.45, 2.75) is 51.0 Å². The fourth-order valence-corrected chi connectivity index (χ4v) is 6.01. The fraction of sp³-hybridized carbons (Fsp3) is 0.650. The van der Waals surface area contributed by atoms with Crippen molar-refractivity contribution in [1.82, 2.24) is 4.90 Å². The van der Waals surface area contributed by atoms with Gasteiger partial charge in [-0.3, -0.25) is 0 Å². The summed E-state index contributed by atoms with van der Waals surface area (Å²) >= 11 is 5.76. The van der Waals surface area contributed by atoms with Crippen LogP contribution < -0.4 is 10.1 Å². The first kappa shape index (κ1) is 16.2. The topological polar surface area (TPSA) is 24.5 Å². The van der Waals surface area contributed by atoms with Crippen LogP contribution in [0, 0.1) is 17.8 Å². The quantitative estimate of drug-likeness (QED) is 0.801. The van der Waals surface area contributed by atoms with Crippen molar-refractivity contribution in [2.75, 3.05) is 19.0 Å². The summed E-state index contributed by atoms with van der Waals surface area (Å²) < 4.78 is 5.51. The number of hydrogen-bond acceptors (Lipinski definition) is 2. The zero-order valence-corrected chi connectivity index (χ0v) is 15.6. The smallest absolute Gasteiger partial charge is 0.173 e. The maximum absolute atomic E-state index is 5.76. The summed E-state index contributed by atoms with van der Waals surface area (Å²) in [5.41, 5.74) is 1.35. The lowest BCUT2D eigenvalue weighted by Gasteiger charge is -2.60. The van der Waals surface area contributed by atoms with E-state index < -0.39 is 0 Å². The molecule has 1 aromatic rings. The minimum atomic E-state index is 0.310. The lowest BCUT2D eigenvalue weighted by atomic mass is 9.52. The van der Waals surface area contributed by atoms with Crippen molar-refractivity contribution in [2.24, 2.45) is 17.8 Å². The molecule has 0 radical (unpaired) electrons. The lowest BCUT2D eigenvalue weighted by Crippen LogP contribution is -2.60. The van der Waals surface area contributed by atoms with Gasteiger partial charge >= 0.3 is 0 Å². The van der Waals surface area contributed by atoms with Gasteiger partial charge in [-0.05, 0) is 99.7 Å². The molecule has 0 aliphatic heterocycles. The van der Waals surface area contributed by atoms with Crippen LogP contribution in [0.1, 0.15) is 45.4 Å². The average molecular weight is 345 g/mol. The molecule has 1 aromatic carbocycles. The second-order valence-corrected chi connectivity index (χ2v) is 8.48. The van der Waals surface area contributed by atoms with Gasteiger partial charge in [0.25, 0.3) is 0 Å². The Morgan fingerprint density at radius 1 is 1.12 bits per heavy atom. The third kappa shape index (κ3) is 2.90. The molecule has 4 fully saturated rings. The van der Waals surface area contributed by atoms with Crippen LogP contribution in [0.25, 0.3) is 0 Å². The van der Waals surface area contributed by atoms with Gasteiger partial charge in [0.1, 0.15) is 5.75 Å². The summed E-state index contributed by atoms with van der Waals surface area (Å²) in [5.74, 6) is 3.72. The van der Waals surface area contributed by atoms with Gasteiger partial charge < -0.3 is 15.0 Å². The van der Waals surface area contributed by atoms with Gasteiger partial charge in [0.2, 0.25) is 0 Å². The van der Waals surface area contributed by atoms with Crippen molar-refractivity contribution in [3.63, 3.8) is 0 Å². The number of benzene rings is 1. The molecule has 4 aliphatic rings. The average Bonchev–Trinajstić information content (AvgIpc) is 2.55. The Morgan fingerprint density at radius 2 is 1.67 bits per heavy atom. The molecule has 4 saturated carbocycles. The summed E-state index contributed by atoms with van der Waals surface area (Å²) in [6, 6.07) is 8.09. The molecule has 0 spiro atoms. The van der Waals surface area contributed by atoms with Crippen molar-refractivity contribution < 1.29 is 4.74 Å². The van der Waals surface area contributed by atoms with Gasteiger partial charge in [0.05, 0.1) is 6.61 Å². The van der Waals surface area contributed by atoms with Crippen LogP contribution in [-0.2, 0) is 0 Å². The Labute approximate surface area is 150 Å². The molecule has 4 heteroatoms. The third-order valence-electron chi connectivity index (χ3n) is 6.44. The molecule has 130 valence electrons. The Bertz CT molecular complexity index is 577. The van der Waals surface area contributed by atoms with Crippen LogP contribution in [0.3, 0.4) is 0 Å². The minimum Gasteiger partial charge on any atom is -0.494 e. The van der Waals surface area contributed by atoms with E-state index >= 15 is 0 Å². The van der Waals surface area contributed by atoms with Crippen LogP contribution in [0.4, 0.5) is 5.69 Å². The SMILES string of the molecule is CCOc1ccc(NC(=S)N(C)C23CC4CC(CC(C4)C2)C3)cc1. The van der Waals surface area contributed by atoms with Crippen molar-refractivity contribution in [1.29, 1.82) is 0 Å². The normalized spacial score (nSPS) is 33.3. The van der Waals surface area contributed by atoms with Gasteiger partial charge in [-0.2, -0.15) is 0 Å². The first-order valence-electron chi connectivity index (χ1n) is 9.35. The van der Waals surface area contributed by atoms with E-state index in [1.807, 2.05) is 31.2 Å². The number of anilines is 1. The predicted octanol–water partition coefficient (Wildman–Crippen LogP) is 4.68. The van der Waals surface area contributed by atoms with E-state index in [0.717, 1.165) is 34.3 Å². The molecule has 0 unspecified atom stereocenters. The van der Waals surface area contributed by atoms with Crippen LogP contribution in [0.5, 0.6) is 5.75 Å². The maximum atomic E-state index is 5.76. The Kier molecular flexibility index (Phi) is 4.19. The number of ether oxygens (including phenoxy) is 1. The standard InChI is InChI=1S/C20H28N2OS/c1-3-23-18-6-4-17(5-7-18)21-19(24)22(2)20-11-14-8-15(12-20)10-16(9-14)13-20/h4-7,14-16H,3,8-13H2,1-2H3,(H,21,24). The maximum Gasteiger partial charge on any atom is 0.173 e. The van der Waals surface area contributed by atoms with Crippen molar-refractivity contribution in [3.8, 4) is 5.75 Å². The molecule has 0 heterocycles. The summed E-state index contributed by atoms with van der Waals surface area (Å²) in [7, 11) is 2.21. The Morgan fingerprint density at radius 3 is 2.17 bits per heavy atom. The molecule has 0 saturated heterocycles. The molecule has 3 nitrogen and oxygen atoms in total.